The van der Waals surface area contributed by atoms with E-state index in [-0.39, 0.29) is 34.0 Å². The molecule has 0 amide bonds. The molecule has 0 saturated carbocycles. The fourth-order valence-electron chi connectivity index (χ4n) is 3.94. The summed E-state index contributed by atoms with van der Waals surface area (Å²) in [5, 5.41) is 38.8. The lowest BCUT2D eigenvalue weighted by Crippen LogP contribution is -2.13. The van der Waals surface area contributed by atoms with Crippen LogP contribution in [0, 0.1) is 6.92 Å². The van der Waals surface area contributed by atoms with Crippen LogP contribution in [0.2, 0.25) is 5.02 Å². The minimum Gasteiger partial charge on any atom is -0.508 e. The summed E-state index contributed by atoms with van der Waals surface area (Å²) in [6.07, 6.45) is 0. The highest BCUT2D eigenvalue weighted by Crippen LogP contribution is 2.36. The molecule has 0 unspecified atom stereocenters. The number of halogens is 1. The van der Waals surface area contributed by atoms with E-state index in [2.05, 4.69) is 31.0 Å². The van der Waals surface area contributed by atoms with E-state index in [0.717, 1.165) is 22.7 Å². The fraction of sp³-hybridized carbons (Fsp3) is 0.167. The van der Waals surface area contributed by atoms with Gasteiger partial charge in [0.2, 0.25) is 0 Å². The summed E-state index contributed by atoms with van der Waals surface area (Å²) in [6, 6.07) is 21.8. The lowest BCUT2D eigenvalue weighted by atomic mass is 9.85. The van der Waals surface area contributed by atoms with Gasteiger partial charge in [0.25, 0.3) is 0 Å². The summed E-state index contributed by atoms with van der Waals surface area (Å²) in [4.78, 5) is 13.4. The predicted octanol–water partition coefficient (Wildman–Crippen LogP) is 6.71. The van der Waals surface area contributed by atoms with Crippen LogP contribution < -0.4 is 0 Å². The zero-order chi connectivity index (χ0) is 27.6. The summed E-state index contributed by atoms with van der Waals surface area (Å²) < 4.78 is 0. The first-order valence-electron chi connectivity index (χ1n) is 11.9. The number of nitrogens with zero attached hydrogens (tertiary/aromatic N) is 3. The van der Waals surface area contributed by atoms with Crippen molar-refractivity contribution in [1.29, 1.82) is 0 Å². The van der Waals surface area contributed by atoms with Gasteiger partial charge in [-0.2, -0.15) is 0 Å². The quantitative estimate of drug-likeness (QED) is 0.224. The summed E-state index contributed by atoms with van der Waals surface area (Å²) in [5.41, 5.74) is 4.47. The first kappa shape index (κ1) is 26.7. The largest absolute Gasteiger partial charge is 0.508 e. The van der Waals surface area contributed by atoms with Crippen molar-refractivity contribution in [3.05, 3.63) is 106 Å². The Hall–Kier alpha value is -4.36. The molecule has 0 saturated heterocycles. The number of aromatic nitrogens is 3. The van der Waals surface area contributed by atoms with Gasteiger partial charge >= 0.3 is 0 Å². The van der Waals surface area contributed by atoms with Gasteiger partial charge in [0.1, 0.15) is 34.0 Å². The van der Waals surface area contributed by atoms with Crippen molar-refractivity contribution in [2.45, 2.75) is 33.1 Å². The van der Waals surface area contributed by atoms with E-state index in [4.69, 9.17) is 16.7 Å². The fourth-order valence-corrected chi connectivity index (χ4v) is 4.10. The first-order valence-corrected chi connectivity index (χ1v) is 12.3. The third-order valence-electron chi connectivity index (χ3n) is 5.86. The van der Waals surface area contributed by atoms with Crippen molar-refractivity contribution in [1.82, 2.24) is 15.0 Å². The molecular weight excluding hydrogens is 502 g/mol. The minimum atomic E-state index is -0.266. The number of ketones is 1. The molecule has 194 valence electrons. The maximum absolute atomic E-state index is 11.9. The number of carbonyl (C=O) groups excluding carboxylic acids is 1. The Kier molecular flexibility index (Phi) is 7.41. The molecule has 0 spiro atoms. The van der Waals surface area contributed by atoms with Crippen LogP contribution in [0.4, 0.5) is 0 Å². The van der Waals surface area contributed by atoms with Gasteiger partial charge in [-0.3, -0.25) is 4.79 Å². The monoisotopic (exact) mass is 529 g/mol. The van der Waals surface area contributed by atoms with E-state index in [1.165, 1.54) is 16.9 Å². The topological polar surface area (TPSA) is 108 Å². The Morgan fingerprint density at radius 2 is 1.53 bits per heavy atom. The van der Waals surface area contributed by atoms with Crippen LogP contribution in [0.1, 0.15) is 47.8 Å². The first-order chi connectivity index (χ1) is 17.9. The Balaban J connectivity index is 0.000000186. The van der Waals surface area contributed by atoms with Crippen LogP contribution >= 0.6 is 11.6 Å². The van der Waals surface area contributed by atoms with Crippen LogP contribution in [0.3, 0.4) is 0 Å². The summed E-state index contributed by atoms with van der Waals surface area (Å²) >= 11 is 5.99. The molecule has 8 heteroatoms. The number of benzene rings is 4. The number of phenolic OH excluding ortho intramolecular Hbond substituents is 3. The lowest BCUT2D eigenvalue weighted by Gasteiger charge is -2.22. The number of fused-ring (bicyclic) bond motifs is 1. The molecule has 0 atom stereocenters. The average molecular weight is 530 g/mol. The molecule has 38 heavy (non-hydrogen) atoms. The molecule has 7 nitrogen and oxygen atoms in total. The van der Waals surface area contributed by atoms with E-state index in [1.54, 1.807) is 36.4 Å². The van der Waals surface area contributed by atoms with Crippen LogP contribution in [-0.4, -0.2) is 36.1 Å². The minimum absolute atomic E-state index is 0.0675. The maximum atomic E-state index is 11.9. The van der Waals surface area contributed by atoms with Crippen molar-refractivity contribution in [2.75, 3.05) is 0 Å². The predicted molar refractivity (Wildman–Crippen MR) is 149 cm³/mol. The highest BCUT2D eigenvalue weighted by Gasteiger charge is 2.22. The molecule has 5 aromatic rings. The Bertz CT molecular complexity index is 1620. The number of hydrogen-bond acceptors (Lipinski definition) is 6. The molecule has 1 heterocycles. The van der Waals surface area contributed by atoms with E-state index in [0.29, 0.717) is 21.8 Å². The Morgan fingerprint density at radius 1 is 0.842 bits per heavy atom. The van der Waals surface area contributed by atoms with Crippen LogP contribution in [0.25, 0.3) is 16.7 Å². The standard InChI is InChI=1S/C17H18ClN3O.C13H10O3/c1-10-7-12(17(2,3)4)16(22)15(8-10)21-19-13-6-5-11(18)9-14(13)20-21;14-10-6-7-11(12(15)8-10)13(16)9-4-2-1-3-5-9/h5-9,22H,1-4H3;1-8,14-15H. The van der Waals surface area contributed by atoms with Crippen molar-refractivity contribution < 1.29 is 20.1 Å². The molecule has 0 aliphatic carbocycles. The zero-order valence-corrected chi connectivity index (χ0v) is 22.2. The van der Waals surface area contributed by atoms with E-state index in [1.807, 2.05) is 31.2 Å². The van der Waals surface area contributed by atoms with Crippen molar-refractivity contribution in [3.8, 4) is 22.9 Å². The summed E-state index contributed by atoms with van der Waals surface area (Å²) in [7, 11) is 0. The highest BCUT2D eigenvalue weighted by atomic mass is 35.5. The van der Waals surface area contributed by atoms with Crippen LogP contribution in [-0.2, 0) is 5.41 Å². The van der Waals surface area contributed by atoms with E-state index < -0.39 is 0 Å². The molecule has 0 bridgehead atoms. The van der Waals surface area contributed by atoms with Crippen LogP contribution in [0.15, 0.2) is 78.9 Å². The van der Waals surface area contributed by atoms with Gasteiger partial charge < -0.3 is 15.3 Å². The number of carbonyl (C=O) groups is 1. The van der Waals surface area contributed by atoms with Crippen molar-refractivity contribution in [2.24, 2.45) is 0 Å². The van der Waals surface area contributed by atoms with Gasteiger partial charge in [-0.15, -0.1) is 15.0 Å². The molecule has 3 N–H and O–H groups in total. The van der Waals surface area contributed by atoms with Gasteiger partial charge in [0, 0.05) is 22.2 Å². The second-order valence-corrected chi connectivity index (χ2v) is 10.4. The van der Waals surface area contributed by atoms with Gasteiger partial charge in [-0.05, 0) is 54.3 Å². The van der Waals surface area contributed by atoms with Crippen LogP contribution in [0.5, 0.6) is 17.2 Å². The third kappa shape index (κ3) is 5.79. The Labute approximate surface area is 225 Å². The molecule has 0 aliphatic heterocycles. The molecular formula is C30H28ClN3O4. The summed E-state index contributed by atoms with van der Waals surface area (Å²) in [6.45, 7) is 8.20. The highest BCUT2D eigenvalue weighted by molar-refractivity contribution is 6.31. The molecule has 0 fully saturated rings. The number of rotatable bonds is 3. The second-order valence-electron chi connectivity index (χ2n) is 9.95. The normalized spacial score (nSPS) is 11.2. The lowest BCUT2D eigenvalue weighted by molar-refractivity contribution is 0.103. The SMILES string of the molecule is Cc1cc(-n2nc3ccc(Cl)cc3n2)c(O)c(C(C)(C)C)c1.O=C(c1ccccc1)c1ccc(O)cc1O. The molecule has 5 rings (SSSR count). The van der Waals surface area contributed by atoms with Crippen molar-refractivity contribution in [3.63, 3.8) is 0 Å². The Morgan fingerprint density at radius 3 is 2.18 bits per heavy atom. The maximum Gasteiger partial charge on any atom is 0.196 e. The average Bonchev–Trinajstić information content (AvgIpc) is 3.28. The number of hydrogen-bond donors (Lipinski definition) is 3. The second kappa shape index (κ2) is 10.6. The number of phenols is 3. The number of aryl methyl sites for hydroxylation is 1. The van der Waals surface area contributed by atoms with Gasteiger partial charge in [-0.25, -0.2) is 0 Å². The van der Waals surface area contributed by atoms with E-state index in [9.17, 15) is 15.0 Å². The molecule has 0 aliphatic rings. The van der Waals surface area contributed by atoms with E-state index >= 15 is 0 Å². The summed E-state index contributed by atoms with van der Waals surface area (Å²) in [5.74, 6) is -0.335. The van der Waals surface area contributed by atoms with Crippen molar-refractivity contribution >= 4 is 28.4 Å². The molecule has 4 aromatic carbocycles. The third-order valence-corrected chi connectivity index (χ3v) is 6.10. The molecule has 1 aromatic heterocycles. The van der Waals surface area contributed by atoms with Gasteiger partial charge in [0.05, 0.1) is 5.56 Å². The van der Waals surface area contributed by atoms with Gasteiger partial charge in [0.15, 0.2) is 5.78 Å². The van der Waals surface area contributed by atoms with Gasteiger partial charge in [-0.1, -0.05) is 68.8 Å². The number of aromatic hydroxyl groups is 3. The smallest absolute Gasteiger partial charge is 0.196 e. The molecule has 0 radical (unpaired) electrons. The zero-order valence-electron chi connectivity index (χ0n) is 21.5.